The zero-order valence-corrected chi connectivity index (χ0v) is 18.5. The van der Waals surface area contributed by atoms with E-state index in [2.05, 4.69) is 0 Å². The third kappa shape index (κ3) is 5.19. The van der Waals surface area contributed by atoms with Gasteiger partial charge in [0.05, 0.1) is 18.1 Å². The van der Waals surface area contributed by atoms with Gasteiger partial charge >= 0.3 is 0 Å². The van der Waals surface area contributed by atoms with Gasteiger partial charge in [0.2, 0.25) is 0 Å². The summed E-state index contributed by atoms with van der Waals surface area (Å²) >= 11 is 0. The number of rotatable bonds is 7. The van der Waals surface area contributed by atoms with E-state index < -0.39 is 15.9 Å². The molecular formula is C24H24FNO5S. The molecule has 8 heteroatoms. The van der Waals surface area contributed by atoms with Gasteiger partial charge in [-0.15, -0.1) is 0 Å². The Morgan fingerprint density at radius 2 is 1.88 bits per heavy atom. The summed E-state index contributed by atoms with van der Waals surface area (Å²) < 4.78 is 48.8. The number of halogens is 1. The van der Waals surface area contributed by atoms with Crippen LogP contribution in [0.25, 0.3) is 11.3 Å². The van der Waals surface area contributed by atoms with E-state index in [1.165, 1.54) is 17.0 Å². The van der Waals surface area contributed by atoms with Gasteiger partial charge in [-0.3, -0.25) is 4.79 Å². The van der Waals surface area contributed by atoms with Crippen molar-refractivity contribution in [2.24, 2.45) is 0 Å². The molecule has 1 amide bonds. The molecule has 1 aromatic heterocycles. The highest BCUT2D eigenvalue weighted by Crippen LogP contribution is 2.26. The first-order chi connectivity index (χ1) is 15.3. The summed E-state index contributed by atoms with van der Waals surface area (Å²) in [7, 11) is -3.18. The molecule has 4 rings (SSSR count). The predicted molar refractivity (Wildman–Crippen MR) is 118 cm³/mol. The minimum Gasteiger partial charge on any atom is -0.484 e. The average Bonchev–Trinajstić information content (AvgIpc) is 3.38. The molecule has 0 N–H and O–H groups in total. The lowest BCUT2D eigenvalue weighted by Crippen LogP contribution is -2.43. The van der Waals surface area contributed by atoms with E-state index in [0.717, 1.165) is 5.56 Å². The van der Waals surface area contributed by atoms with E-state index in [1.807, 2.05) is 25.1 Å². The molecule has 1 fully saturated rings. The summed E-state index contributed by atoms with van der Waals surface area (Å²) in [4.78, 5) is 14.6. The highest BCUT2D eigenvalue weighted by Gasteiger charge is 2.35. The van der Waals surface area contributed by atoms with Gasteiger partial charge in [-0.1, -0.05) is 18.2 Å². The molecule has 0 unspecified atom stereocenters. The Balaban J connectivity index is 1.51. The van der Waals surface area contributed by atoms with Crippen LogP contribution in [0.15, 0.2) is 65.1 Å². The van der Waals surface area contributed by atoms with Crippen LogP contribution in [0.3, 0.4) is 0 Å². The molecule has 2 aromatic carbocycles. The van der Waals surface area contributed by atoms with Crippen LogP contribution >= 0.6 is 0 Å². The molecule has 2 heterocycles. The Bertz CT molecular complexity index is 1200. The molecule has 1 atom stereocenters. The summed E-state index contributed by atoms with van der Waals surface area (Å²) in [6.07, 6.45) is 0.379. The molecule has 3 aromatic rings. The van der Waals surface area contributed by atoms with Crippen molar-refractivity contribution < 1.29 is 26.8 Å². The smallest absolute Gasteiger partial charge is 0.261 e. The fourth-order valence-corrected chi connectivity index (χ4v) is 5.51. The van der Waals surface area contributed by atoms with Crippen LogP contribution in [0.5, 0.6) is 5.75 Å². The van der Waals surface area contributed by atoms with E-state index in [-0.39, 0.29) is 36.4 Å². The molecular weight excluding hydrogens is 433 g/mol. The second kappa shape index (κ2) is 9.16. The van der Waals surface area contributed by atoms with E-state index >= 15 is 0 Å². The number of hydrogen-bond donors (Lipinski definition) is 0. The first-order valence-corrected chi connectivity index (χ1v) is 12.2. The van der Waals surface area contributed by atoms with E-state index in [1.54, 1.807) is 30.3 Å². The number of para-hydroxylation sites is 1. The number of sulfone groups is 1. The normalized spacial score (nSPS) is 17.2. The van der Waals surface area contributed by atoms with E-state index in [4.69, 9.17) is 9.15 Å². The summed E-state index contributed by atoms with van der Waals surface area (Å²) in [5.74, 6) is 0.994. The van der Waals surface area contributed by atoms with Crippen LogP contribution < -0.4 is 4.74 Å². The van der Waals surface area contributed by atoms with Crippen molar-refractivity contribution in [1.82, 2.24) is 4.90 Å². The number of carbonyl (C=O) groups is 1. The number of aryl methyl sites for hydroxylation is 1. The Morgan fingerprint density at radius 1 is 1.12 bits per heavy atom. The fraction of sp³-hybridized carbons (Fsp3) is 0.292. The molecule has 1 saturated heterocycles. The number of carbonyl (C=O) groups excluding carboxylic acids is 1. The number of furan rings is 1. The van der Waals surface area contributed by atoms with Gasteiger partial charge in [-0.2, -0.15) is 0 Å². The van der Waals surface area contributed by atoms with Crippen molar-refractivity contribution in [3.05, 3.63) is 77.8 Å². The molecule has 168 valence electrons. The zero-order chi connectivity index (χ0) is 22.7. The molecule has 1 aliphatic heterocycles. The molecule has 0 radical (unpaired) electrons. The van der Waals surface area contributed by atoms with Crippen LogP contribution in [-0.4, -0.2) is 43.4 Å². The molecule has 0 spiro atoms. The third-order valence-corrected chi connectivity index (χ3v) is 7.28. The van der Waals surface area contributed by atoms with E-state index in [9.17, 15) is 17.6 Å². The van der Waals surface area contributed by atoms with Crippen molar-refractivity contribution >= 4 is 15.7 Å². The Hall–Kier alpha value is -3.13. The maximum atomic E-state index is 13.2. The SMILES string of the molecule is Cc1ccccc1OCC(=O)N(Cc1ccc(-c2ccc(F)cc2)o1)[C@H]1CCS(=O)(=O)C1. The largest absolute Gasteiger partial charge is 0.484 e. The lowest BCUT2D eigenvalue weighted by molar-refractivity contribution is -0.136. The second-order valence-corrected chi connectivity index (χ2v) is 10.1. The summed E-state index contributed by atoms with van der Waals surface area (Å²) in [6, 6.07) is 16.4. The molecule has 32 heavy (non-hydrogen) atoms. The number of nitrogens with zero attached hydrogens (tertiary/aromatic N) is 1. The molecule has 0 saturated carbocycles. The van der Waals surface area contributed by atoms with E-state index in [0.29, 0.717) is 29.3 Å². The highest BCUT2D eigenvalue weighted by molar-refractivity contribution is 7.91. The molecule has 1 aliphatic rings. The van der Waals surface area contributed by atoms with Crippen LogP contribution in [0.1, 0.15) is 17.7 Å². The average molecular weight is 458 g/mol. The van der Waals surface area contributed by atoms with Crippen LogP contribution in [0, 0.1) is 12.7 Å². The predicted octanol–water partition coefficient (Wildman–Crippen LogP) is 3.99. The highest BCUT2D eigenvalue weighted by atomic mass is 32.2. The topological polar surface area (TPSA) is 76.8 Å². The van der Waals surface area contributed by atoms with Crippen molar-refractivity contribution in [1.29, 1.82) is 0 Å². The Kier molecular flexibility index (Phi) is 6.32. The molecule has 6 nitrogen and oxygen atoms in total. The van der Waals surface area contributed by atoms with Crippen molar-refractivity contribution in [3.8, 4) is 17.1 Å². The summed E-state index contributed by atoms with van der Waals surface area (Å²) in [6.45, 7) is 1.81. The third-order valence-electron chi connectivity index (χ3n) is 5.53. The standard InChI is InChI=1S/C24H24FNO5S/c1-17-4-2-3-5-22(17)30-15-24(27)26(20-12-13-32(28,29)16-20)14-21-10-11-23(31-21)18-6-8-19(25)9-7-18/h2-11,20H,12-16H2,1H3/t20-/m0/s1. The van der Waals surface area contributed by atoms with Crippen molar-refractivity contribution in [2.75, 3.05) is 18.1 Å². The van der Waals surface area contributed by atoms with Crippen LogP contribution in [-0.2, 0) is 21.2 Å². The zero-order valence-electron chi connectivity index (χ0n) is 17.7. The maximum absolute atomic E-state index is 13.2. The first-order valence-electron chi connectivity index (χ1n) is 10.3. The summed E-state index contributed by atoms with van der Waals surface area (Å²) in [5, 5.41) is 0. The Morgan fingerprint density at radius 3 is 2.56 bits per heavy atom. The van der Waals surface area contributed by atoms with Crippen LogP contribution in [0.4, 0.5) is 4.39 Å². The van der Waals surface area contributed by atoms with Gasteiger partial charge in [0, 0.05) is 11.6 Å². The lowest BCUT2D eigenvalue weighted by atomic mass is 10.2. The Labute approximate surface area is 186 Å². The van der Waals surface area contributed by atoms with Gasteiger partial charge in [-0.25, -0.2) is 12.8 Å². The van der Waals surface area contributed by atoms with Gasteiger partial charge < -0.3 is 14.1 Å². The van der Waals surface area contributed by atoms with Crippen molar-refractivity contribution in [2.45, 2.75) is 25.9 Å². The van der Waals surface area contributed by atoms with Gasteiger partial charge in [0.25, 0.3) is 5.91 Å². The molecule has 0 bridgehead atoms. The van der Waals surface area contributed by atoms with Crippen LogP contribution in [0.2, 0.25) is 0 Å². The number of benzene rings is 2. The number of ether oxygens (including phenoxy) is 1. The van der Waals surface area contributed by atoms with Gasteiger partial charge in [-0.05, 0) is 61.4 Å². The van der Waals surface area contributed by atoms with Gasteiger partial charge in [0.15, 0.2) is 16.4 Å². The fourth-order valence-electron chi connectivity index (χ4n) is 3.78. The first kappa shape index (κ1) is 22.1. The maximum Gasteiger partial charge on any atom is 0.261 e. The van der Waals surface area contributed by atoms with Gasteiger partial charge in [0.1, 0.15) is 23.1 Å². The monoisotopic (exact) mass is 457 g/mol. The number of amides is 1. The van der Waals surface area contributed by atoms with Crippen molar-refractivity contribution in [3.63, 3.8) is 0 Å². The lowest BCUT2D eigenvalue weighted by Gasteiger charge is -2.27. The quantitative estimate of drug-likeness (QED) is 0.536. The molecule has 0 aliphatic carbocycles. The number of hydrogen-bond acceptors (Lipinski definition) is 5. The minimum absolute atomic E-state index is 0.0546. The summed E-state index contributed by atoms with van der Waals surface area (Å²) in [5.41, 5.74) is 1.62. The second-order valence-electron chi connectivity index (χ2n) is 7.91. The minimum atomic E-state index is -3.18.